The number of hydrogen-bond donors (Lipinski definition) is 2. The van der Waals surface area contributed by atoms with Crippen LogP contribution in [-0.2, 0) is 14.3 Å². The second kappa shape index (κ2) is 7.85. The van der Waals surface area contributed by atoms with Gasteiger partial charge in [-0.2, -0.15) is 0 Å². The summed E-state index contributed by atoms with van der Waals surface area (Å²) in [5.41, 5.74) is 0.779. The highest BCUT2D eigenvalue weighted by Crippen LogP contribution is 2.37. The zero-order valence-corrected chi connectivity index (χ0v) is 12.7. The van der Waals surface area contributed by atoms with Crippen molar-refractivity contribution in [2.24, 2.45) is 0 Å². The van der Waals surface area contributed by atoms with Crippen LogP contribution < -0.4 is 10.6 Å². The van der Waals surface area contributed by atoms with Crippen molar-refractivity contribution in [3.8, 4) is 0 Å². The van der Waals surface area contributed by atoms with E-state index in [1.54, 1.807) is 0 Å². The summed E-state index contributed by atoms with van der Waals surface area (Å²) in [6, 6.07) is 7.51. The molecule has 1 aliphatic heterocycles. The molecule has 1 aromatic carbocycles. The minimum Gasteiger partial charge on any atom is -0.382 e. The van der Waals surface area contributed by atoms with Crippen LogP contribution in [0.25, 0.3) is 0 Å². The molecule has 1 aromatic rings. The van der Waals surface area contributed by atoms with Gasteiger partial charge in [0.05, 0.1) is 10.6 Å². The van der Waals surface area contributed by atoms with Gasteiger partial charge in [-0.25, -0.2) is 0 Å². The number of benzene rings is 1. The summed E-state index contributed by atoms with van der Waals surface area (Å²) in [5.74, 6) is -0.508. The summed E-state index contributed by atoms with van der Waals surface area (Å²) in [6.45, 7) is 3.76. The highest BCUT2D eigenvalue weighted by molar-refractivity contribution is 8.04. The van der Waals surface area contributed by atoms with Gasteiger partial charge in [-0.05, 0) is 25.5 Å². The molecule has 112 valence electrons. The van der Waals surface area contributed by atoms with Gasteiger partial charge in [0.2, 0.25) is 5.91 Å². The third-order valence-electron chi connectivity index (χ3n) is 2.81. The van der Waals surface area contributed by atoms with Crippen molar-refractivity contribution < 1.29 is 14.3 Å². The Hall–Kier alpha value is -1.79. The number of anilines is 1. The molecule has 0 spiro atoms. The number of thioether (sulfide) groups is 1. The third kappa shape index (κ3) is 4.61. The van der Waals surface area contributed by atoms with Crippen molar-refractivity contribution in [2.45, 2.75) is 18.2 Å². The quantitative estimate of drug-likeness (QED) is 0.624. The molecule has 21 heavy (non-hydrogen) atoms. The Morgan fingerprint density at radius 1 is 1.43 bits per heavy atom. The standard InChI is InChI=1S/C15H18N2O3S/c1-2-20-9-5-8-16-14(18)10-13-15(19)17-11-6-3-4-7-12(11)21-13/h3-4,6-7,10H,2,5,8-9H2,1H3,(H,16,18)(H,17,19)/b13-10-. The lowest BCUT2D eigenvalue weighted by Gasteiger charge is -2.17. The van der Waals surface area contributed by atoms with Crippen LogP contribution in [0.3, 0.4) is 0 Å². The van der Waals surface area contributed by atoms with Crippen LogP contribution >= 0.6 is 11.8 Å². The van der Waals surface area contributed by atoms with Gasteiger partial charge in [0.1, 0.15) is 0 Å². The summed E-state index contributed by atoms with van der Waals surface area (Å²) in [7, 11) is 0. The van der Waals surface area contributed by atoms with Crippen LogP contribution in [0.4, 0.5) is 5.69 Å². The number of amides is 2. The van der Waals surface area contributed by atoms with Gasteiger partial charge in [-0.1, -0.05) is 23.9 Å². The van der Waals surface area contributed by atoms with E-state index < -0.39 is 0 Å². The van der Waals surface area contributed by atoms with E-state index in [0.29, 0.717) is 24.7 Å². The second-order valence-corrected chi connectivity index (χ2v) is 5.49. The number of ether oxygens (including phenoxy) is 1. The Balaban J connectivity index is 1.89. The molecule has 2 amide bonds. The largest absolute Gasteiger partial charge is 0.382 e. The van der Waals surface area contributed by atoms with Gasteiger partial charge in [0.25, 0.3) is 5.91 Å². The van der Waals surface area contributed by atoms with Gasteiger partial charge in [0.15, 0.2) is 0 Å². The molecule has 0 unspecified atom stereocenters. The maximum atomic E-state index is 11.9. The minimum absolute atomic E-state index is 0.247. The van der Waals surface area contributed by atoms with Crippen LogP contribution in [-0.4, -0.2) is 31.6 Å². The van der Waals surface area contributed by atoms with Crippen LogP contribution in [0.15, 0.2) is 40.1 Å². The first-order chi connectivity index (χ1) is 10.2. The van der Waals surface area contributed by atoms with E-state index in [1.165, 1.54) is 17.8 Å². The summed E-state index contributed by atoms with van der Waals surface area (Å²) in [6.07, 6.45) is 2.10. The van der Waals surface area contributed by atoms with E-state index in [-0.39, 0.29) is 11.8 Å². The lowest BCUT2D eigenvalue weighted by Crippen LogP contribution is -2.25. The fourth-order valence-corrected chi connectivity index (χ4v) is 2.73. The van der Waals surface area contributed by atoms with E-state index in [2.05, 4.69) is 10.6 Å². The maximum Gasteiger partial charge on any atom is 0.262 e. The van der Waals surface area contributed by atoms with E-state index in [9.17, 15) is 9.59 Å². The van der Waals surface area contributed by atoms with Crippen molar-refractivity contribution in [2.75, 3.05) is 25.1 Å². The van der Waals surface area contributed by atoms with Crippen LogP contribution in [0, 0.1) is 0 Å². The molecule has 0 saturated heterocycles. The fourth-order valence-electron chi connectivity index (χ4n) is 1.80. The Bertz CT molecular complexity index is 558. The van der Waals surface area contributed by atoms with Crippen molar-refractivity contribution in [1.82, 2.24) is 5.32 Å². The molecule has 1 heterocycles. The maximum absolute atomic E-state index is 11.9. The SMILES string of the molecule is CCOCCCNC(=O)/C=C1\Sc2ccccc2NC1=O. The number of fused-ring (bicyclic) bond motifs is 1. The number of carbonyl (C=O) groups is 2. The zero-order valence-electron chi connectivity index (χ0n) is 11.8. The van der Waals surface area contributed by atoms with Gasteiger partial charge in [-0.3, -0.25) is 9.59 Å². The second-order valence-electron chi connectivity index (χ2n) is 4.40. The fraction of sp³-hybridized carbons (Fsp3) is 0.333. The molecule has 0 radical (unpaired) electrons. The van der Waals surface area contributed by atoms with Crippen LogP contribution in [0.1, 0.15) is 13.3 Å². The number of para-hydroxylation sites is 1. The zero-order chi connectivity index (χ0) is 15.1. The number of rotatable bonds is 6. The number of carbonyl (C=O) groups excluding carboxylic acids is 2. The smallest absolute Gasteiger partial charge is 0.262 e. The van der Waals surface area contributed by atoms with Crippen molar-refractivity contribution in [1.29, 1.82) is 0 Å². The molecule has 0 saturated carbocycles. The Morgan fingerprint density at radius 3 is 3.05 bits per heavy atom. The first-order valence-electron chi connectivity index (χ1n) is 6.86. The summed E-state index contributed by atoms with van der Waals surface area (Å²) in [4.78, 5) is 25.0. The van der Waals surface area contributed by atoms with E-state index in [1.807, 2.05) is 31.2 Å². The molecule has 6 heteroatoms. The van der Waals surface area contributed by atoms with Crippen molar-refractivity contribution >= 4 is 29.3 Å². The first kappa shape index (κ1) is 15.6. The summed E-state index contributed by atoms with van der Waals surface area (Å²) in [5, 5.41) is 5.52. The minimum atomic E-state index is -0.261. The highest BCUT2D eigenvalue weighted by Gasteiger charge is 2.21. The number of hydrogen-bond acceptors (Lipinski definition) is 4. The predicted octanol–water partition coefficient (Wildman–Crippen LogP) is 2.16. The van der Waals surface area contributed by atoms with Gasteiger partial charge in [-0.15, -0.1) is 0 Å². The Morgan fingerprint density at radius 2 is 2.24 bits per heavy atom. The molecule has 2 N–H and O–H groups in total. The topological polar surface area (TPSA) is 67.4 Å². The number of nitrogens with one attached hydrogen (secondary N) is 2. The average Bonchev–Trinajstić information content (AvgIpc) is 2.48. The Labute approximate surface area is 128 Å². The van der Waals surface area contributed by atoms with Crippen LogP contribution in [0.2, 0.25) is 0 Å². The van der Waals surface area contributed by atoms with Gasteiger partial charge >= 0.3 is 0 Å². The van der Waals surface area contributed by atoms with E-state index in [4.69, 9.17) is 4.74 Å². The predicted molar refractivity (Wildman–Crippen MR) is 83.1 cm³/mol. The third-order valence-corrected chi connectivity index (χ3v) is 3.91. The molecule has 1 aliphatic rings. The van der Waals surface area contributed by atoms with E-state index in [0.717, 1.165) is 17.0 Å². The summed E-state index contributed by atoms with van der Waals surface area (Å²) < 4.78 is 5.19. The van der Waals surface area contributed by atoms with Crippen LogP contribution in [0.5, 0.6) is 0 Å². The molecule has 5 nitrogen and oxygen atoms in total. The van der Waals surface area contributed by atoms with Crippen molar-refractivity contribution in [3.05, 3.63) is 35.2 Å². The molecule has 0 aromatic heterocycles. The molecule has 0 atom stereocenters. The van der Waals surface area contributed by atoms with Crippen molar-refractivity contribution in [3.63, 3.8) is 0 Å². The summed E-state index contributed by atoms with van der Waals surface area (Å²) >= 11 is 1.30. The van der Waals surface area contributed by atoms with Gasteiger partial charge < -0.3 is 15.4 Å². The normalized spacial score (nSPS) is 15.5. The van der Waals surface area contributed by atoms with Gasteiger partial charge in [0, 0.05) is 30.7 Å². The lowest BCUT2D eigenvalue weighted by molar-refractivity contribution is -0.117. The monoisotopic (exact) mass is 306 g/mol. The molecule has 2 rings (SSSR count). The molecule has 0 bridgehead atoms. The molecule has 0 aliphatic carbocycles. The highest BCUT2D eigenvalue weighted by atomic mass is 32.2. The lowest BCUT2D eigenvalue weighted by atomic mass is 10.3. The first-order valence-corrected chi connectivity index (χ1v) is 7.68. The molecular formula is C15H18N2O3S. The molecular weight excluding hydrogens is 288 g/mol. The Kier molecular flexibility index (Phi) is 5.83. The average molecular weight is 306 g/mol. The van der Waals surface area contributed by atoms with E-state index >= 15 is 0 Å². The molecule has 0 fully saturated rings.